The summed E-state index contributed by atoms with van der Waals surface area (Å²) in [6, 6.07) is 55.9. The zero-order valence-electron chi connectivity index (χ0n) is 37.1. The SMILES string of the molecule is N#Cc1cccc(C2(c3ccccc3)c3ccccc3-c3cc(-c4nc(-c5ccc(C67CC8CC(CC(C8)C6)C7)cc5)nc(-c5ccc(C67CC8CC(CC(C8)C6)C7)cc5)n4)ccc32)c1. The molecule has 4 heteroatoms. The first-order valence-corrected chi connectivity index (χ1v) is 24.7. The highest BCUT2D eigenvalue weighted by Gasteiger charge is 2.53. The molecule has 1 unspecified atom stereocenters. The lowest BCUT2D eigenvalue weighted by Gasteiger charge is -2.57. The fourth-order valence-corrected chi connectivity index (χ4v) is 16.4. The summed E-state index contributed by atoms with van der Waals surface area (Å²) in [5, 5.41) is 10.1. The number of hydrogen-bond donors (Lipinski definition) is 0. The second kappa shape index (κ2) is 14.2. The quantitative estimate of drug-likeness (QED) is 0.160. The van der Waals surface area contributed by atoms with E-state index >= 15 is 0 Å². The number of nitriles is 1. The van der Waals surface area contributed by atoms with E-state index in [1.54, 1.807) is 0 Å². The molecule has 318 valence electrons. The van der Waals surface area contributed by atoms with Crippen LogP contribution in [0.15, 0.2) is 146 Å². The predicted octanol–water partition coefficient (Wildman–Crippen LogP) is 14.0. The molecule has 9 aliphatic rings. The van der Waals surface area contributed by atoms with E-state index in [9.17, 15) is 5.26 Å². The summed E-state index contributed by atoms with van der Waals surface area (Å²) < 4.78 is 0. The molecule has 4 nitrogen and oxygen atoms in total. The van der Waals surface area contributed by atoms with E-state index < -0.39 is 5.41 Å². The highest BCUT2D eigenvalue weighted by Crippen LogP contribution is 2.62. The number of rotatable bonds is 7. The summed E-state index contributed by atoms with van der Waals surface area (Å²) in [5.74, 6) is 7.57. The fraction of sp³-hybridized carbons (Fsp3) is 0.344. The fourth-order valence-electron chi connectivity index (χ4n) is 16.4. The van der Waals surface area contributed by atoms with Crippen molar-refractivity contribution < 1.29 is 0 Å². The van der Waals surface area contributed by atoms with Crippen LogP contribution < -0.4 is 0 Å². The van der Waals surface area contributed by atoms with E-state index in [0.29, 0.717) is 22.2 Å². The van der Waals surface area contributed by atoms with Crippen LogP contribution >= 0.6 is 0 Å². The average Bonchev–Trinajstić information content (AvgIpc) is 3.64. The Hall–Kier alpha value is -6.18. The predicted molar refractivity (Wildman–Crippen MR) is 258 cm³/mol. The average molecular weight is 843 g/mol. The number of hydrogen-bond acceptors (Lipinski definition) is 4. The summed E-state index contributed by atoms with van der Waals surface area (Å²) in [4.78, 5) is 16.1. The van der Waals surface area contributed by atoms with Crippen molar-refractivity contribution in [3.8, 4) is 51.4 Å². The van der Waals surface area contributed by atoms with Crippen LogP contribution in [0.4, 0.5) is 0 Å². The van der Waals surface area contributed by atoms with Crippen LogP contribution in [-0.2, 0) is 16.2 Å². The Morgan fingerprint density at radius 1 is 0.385 bits per heavy atom. The number of aromatic nitrogens is 3. The van der Waals surface area contributed by atoms with Gasteiger partial charge in [-0.2, -0.15) is 5.26 Å². The van der Waals surface area contributed by atoms with Crippen molar-refractivity contribution in [1.29, 1.82) is 5.26 Å². The molecule has 16 rings (SSSR count). The zero-order chi connectivity index (χ0) is 42.9. The van der Waals surface area contributed by atoms with Crippen LogP contribution in [0, 0.1) is 46.8 Å². The van der Waals surface area contributed by atoms with Gasteiger partial charge in [-0.1, -0.05) is 127 Å². The Morgan fingerprint density at radius 3 is 1.35 bits per heavy atom. The van der Waals surface area contributed by atoms with Gasteiger partial charge in [0.05, 0.1) is 17.0 Å². The first-order valence-electron chi connectivity index (χ1n) is 24.7. The Kier molecular flexibility index (Phi) is 8.30. The Morgan fingerprint density at radius 2 is 0.831 bits per heavy atom. The minimum absolute atomic E-state index is 0.340. The first kappa shape index (κ1) is 38.1. The smallest absolute Gasteiger partial charge is 0.164 e. The monoisotopic (exact) mass is 842 g/mol. The van der Waals surface area contributed by atoms with E-state index in [1.807, 2.05) is 12.1 Å². The number of benzene rings is 6. The number of nitrogens with zero attached hydrogens (tertiary/aromatic N) is 4. The molecule has 1 atom stereocenters. The van der Waals surface area contributed by atoms with Gasteiger partial charge in [-0.05, 0) is 186 Å². The highest BCUT2D eigenvalue weighted by molar-refractivity contribution is 5.88. The minimum atomic E-state index is -0.606. The summed E-state index contributed by atoms with van der Waals surface area (Å²) in [5.41, 5.74) is 13.8. The third-order valence-corrected chi connectivity index (χ3v) is 18.2. The Bertz CT molecular complexity index is 2890. The molecule has 9 aliphatic carbocycles. The van der Waals surface area contributed by atoms with Crippen molar-refractivity contribution in [2.75, 3.05) is 0 Å². The zero-order valence-corrected chi connectivity index (χ0v) is 37.1. The summed E-state index contributed by atoms with van der Waals surface area (Å²) >= 11 is 0. The van der Waals surface area contributed by atoms with Crippen LogP contribution in [0.25, 0.3) is 45.3 Å². The van der Waals surface area contributed by atoms with Gasteiger partial charge in [0, 0.05) is 16.7 Å². The Labute approximate surface area is 383 Å². The normalized spacial score (nSPS) is 30.8. The van der Waals surface area contributed by atoms with E-state index in [1.165, 1.54) is 110 Å². The molecular formula is C61H54N4. The van der Waals surface area contributed by atoms with Gasteiger partial charge in [-0.25, -0.2) is 15.0 Å². The maximum Gasteiger partial charge on any atom is 0.164 e. The van der Waals surface area contributed by atoms with E-state index in [-0.39, 0.29) is 0 Å². The van der Waals surface area contributed by atoms with Gasteiger partial charge in [0.25, 0.3) is 0 Å². The summed E-state index contributed by atoms with van der Waals surface area (Å²) in [6.07, 6.45) is 16.8. The van der Waals surface area contributed by atoms with E-state index in [4.69, 9.17) is 15.0 Å². The molecule has 1 aromatic heterocycles. The molecule has 0 amide bonds. The molecule has 65 heavy (non-hydrogen) atoms. The van der Waals surface area contributed by atoms with Gasteiger partial charge in [0.15, 0.2) is 17.5 Å². The molecule has 8 bridgehead atoms. The van der Waals surface area contributed by atoms with Gasteiger partial charge < -0.3 is 0 Å². The molecule has 7 aromatic rings. The molecule has 0 saturated heterocycles. The maximum absolute atomic E-state index is 10.1. The first-order chi connectivity index (χ1) is 31.9. The third-order valence-electron chi connectivity index (χ3n) is 18.2. The molecule has 1 heterocycles. The standard InChI is InChI=1S/C61H54N4/c62-37-38-7-6-10-51(29-38)61(50-8-2-1-3-9-50)54-12-5-4-11-52(54)53-30-47(17-22-55(53)61)58-64-56(45-13-18-48(19-14-45)59-31-39-23-40(32-59)25-41(24-39)33-59)63-57(65-58)46-15-20-49(21-16-46)60-34-42-26-43(35-60)28-44(27-42)36-60/h1-22,29-30,39-44H,23-28,31-36H2. The van der Waals surface area contributed by atoms with Crippen molar-refractivity contribution in [2.45, 2.75) is 93.3 Å². The molecule has 8 saturated carbocycles. The van der Waals surface area contributed by atoms with Crippen molar-refractivity contribution in [3.63, 3.8) is 0 Å². The second-order valence-electron chi connectivity index (χ2n) is 22.0. The molecule has 6 aromatic carbocycles. The largest absolute Gasteiger partial charge is 0.208 e. The van der Waals surface area contributed by atoms with E-state index in [0.717, 1.165) is 75.0 Å². The second-order valence-corrected chi connectivity index (χ2v) is 22.0. The van der Waals surface area contributed by atoms with Crippen LogP contribution in [0.1, 0.15) is 116 Å². The third kappa shape index (κ3) is 5.83. The summed E-state index contributed by atoms with van der Waals surface area (Å²) in [7, 11) is 0. The molecule has 8 fully saturated rings. The molecule has 0 spiro atoms. The van der Waals surface area contributed by atoms with Gasteiger partial charge in [0.2, 0.25) is 0 Å². The van der Waals surface area contributed by atoms with Crippen LogP contribution in [0.2, 0.25) is 0 Å². The van der Waals surface area contributed by atoms with Gasteiger partial charge >= 0.3 is 0 Å². The minimum Gasteiger partial charge on any atom is -0.208 e. The highest BCUT2D eigenvalue weighted by atomic mass is 15.0. The van der Waals surface area contributed by atoms with Crippen LogP contribution in [0.5, 0.6) is 0 Å². The van der Waals surface area contributed by atoms with Gasteiger partial charge in [0.1, 0.15) is 0 Å². The molecule has 0 N–H and O–H groups in total. The van der Waals surface area contributed by atoms with Crippen molar-refractivity contribution in [3.05, 3.63) is 185 Å². The topological polar surface area (TPSA) is 62.5 Å². The number of fused-ring (bicyclic) bond motifs is 3. The van der Waals surface area contributed by atoms with Crippen molar-refractivity contribution in [1.82, 2.24) is 15.0 Å². The lowest BCUT2D eigenvalue weighted by atomic mass is 9.48. The van der Waals surface area contributed by atoms with Crippen molar-refractivity contribution >= 4 is 0 Å². The molecular weight excluding hydrogens is 789 g/mol. The maximum atomic E-state index is 10.1. The Balaban J connectivity index is 0.900. The lowest BCUT2D eigenvalue weighted by Crippen LogP contribution is -2.48. The summed E-state index contributed by atoms with van der Waals surface area (Å²) in [6.45, 7) is 0. The molecule has 0 aliphatic heterocycles. The lowest BCUT2D eigenvalue weighted by molar-refractivity contribution is -0.00530. The van der Waals surface area contributed by atoms with E-state index in [2.05, 4.69) is 140 Å². The van der Waals surface area contributed by atoms with Crippen LogP contribution in [0.3, 0.4) is 0 Å². The van der Waals surface area contributed by atoms with Gasteiger partial charge in [-0.15, -0.1) is 0 Å². The van der Waals surface area contributed by atoms with Gasteiger partial charge in [-0.3, -0.25) is 0 Å². The molecule has 0 radical (unpaired) electrons. The van der Waals surface area contributed by atoms with Crippen LogP contribution in [-0.4, -0.2) is 15.0 Å². The van der Waals surface area contributed by atoms with Crippen molar-refractivity contribution in [2.24, 2.45) is 35.5 Å².